The molecule has 1 spiro atoms. The van der Waals surface area contributed by atoms with E-state index in [-0.39, 0.29) is 17.7 Å². The van der Waals surface area contributed by atoms with Gasteiger partial charge in [0.15, 0.2) is 6.10 Å². The number of hydrogen-bond acceptors (Lipinski definition) is 3. The minimum Gasteiger partial charge on any atom is -0.467 e. The summed E-state index contributed by atoms with van der Waals surface area (Å²) in [5.41, 5.74) is -0.0828. The van der Waals surface area contributed by atoms with Crippen molar-refractivity contribution >= 4 is 5.97 Å². The van der Waals surface area contributed by atoms with Gasteiger partial charge >= 0.3 is 5.97 Å². The lowest BCUT2D eigenvalue weighted by molar-refractivity contribution is -0.142. The van der Waals surface area contributed by atoms with Crippen molar-refractivity contribution < 1.29 is 14.3 Å². The molecule has 1 unspecified atom stereocenters. The molecule has 0 radical (unpaired) electrons. The Labute approximate surface area is 95.5 Å². The van der Waals surface area contributed by atoms with Crippen LogP contribution in [-0.2, 0) is 14.3 Å². The first kappa shape index (κ1) is 9.46. The lowest BCUT2D eigenvalue weighted by Crippen LogP contribution is -2.52. The highest BCUT2D eigenvalue weighted by atomic mass is 16.7. The monoisotopic (exact) mass is 222 g/mol. The summed E-state index contributed by atoms with van der Waals surface area (Å²) in [5, 5.41) is 0. The standard InChI is InChI=1S/C13H18O3/c1-15-12(14)11-13(16-11)9-3-7-2-8(5-9)6-10(13)4-7/h7-11H,2-6H2,1H3. The zero-order valence-corrected chi connectivity index (χ0v) is 9.65. The van der Waals surface area contributed by atoms with Crippen molar-refractivity contribution in [3.8, 4) is 0 Å². The lowest BCUT2D eigenvalue weighted by Gasteiger charge is -2.53. The van der Waals surface area contributed by atoms with Crippen LogP contribution in [0.5, 0.6) is 0 Å². The van der Waals surface area contributed by atoms with E-state index in [1.807, 2.05) is 0 Å². The van der Waals surface area contributed by atoms with Crippen molar-refractivity contribution in [3.05, 3.63) is 0 Å². The zero-order chi connectivity index (χ0) is 10.9. The summed E-state index contributed by atoms with van der Waals surface area (Å²) in [4.78, 5) is 11.6. The molecule has 1 heterocycles. The fourth-order valence-corrected chi connectivity index (χ4v) is 5.05. The fraction of sp³-hybridized carbons (Fsp3) is 0.923. The molecule has 0 amide bonds. The second-order valence-corrected chi connectivity index (χ2v) is 6.18. The number of epoxide rings is 1. The van der Waals surface area contributed by atoms with E-state index in [0.717, 1.165) is 11.8 Å². The maximum atomic E-state index is 11.6. The molecule has 1 atom stereocenters. The summed E-state index contributed by atoms with van der Waals surface area (Å²) in [6, 6.07) is 0. The van der Waals surface area contributed by atoms with Gasteiger partial charge in [-0.15, -0.1) is 0 Å². The van der Waals surface area contributed by atoms with Gasteiger partial charge in [0.25, 0.3) is 0 Å². The fourth-order valence-electron chi connectivity index (χ4n) is 5.05. The van der Waals surface area contributed by atoms with E-state index in [1.54, 1.807) is 0 Å². The molecule has 4 aliphatic carbocycles. The number of hydrogen-bond donors (Lipinski definition) is 0. The normalized spacial score (nSPS) is 56.7. The Morgan fingerprint density at radius 1 is 1.12 bits per heavy atom. The number of carbonyl (C=O) groups is 1. The van der Waals surface area contributed by atoms with Gasteiger partial charge < -0.3 is 9.47 Å². The number of esters is 1. The number of methoxy groups -OCH3 is 1. The Morgan fingerprint density at radius 2 is 1.69 bits per heavy atom. The maximum Gasteiger partial charge on any atom is 0.338 e. The first-order valence-electron chi connectivity index (χ1n) is 6.49. The van der Waals surface area contributed by atoms with Gasteiger partial charge in [-0.05, 0) is 55.8 Å². The molecule has 16 heavy (non-hydrogen) atoms. The molecule has 88 valence electrons. The summed E-state index contributed by atoms with van der Waals surface area (Å²) in [6.07, 6.45) is 6.38. The van der Waals surface area contributed by atoms with E-state index in [1.165, 1.54) is 39.2 Å². The predicted molar refractivity (Wildman–Crippen MR) is 56.7 cm³/mol. The minimum absolute atomic E-state index is 0.0828. The Hall–Kier alpha value is -0.570. The molecule has 5 rings (SSSR count). The van der Waals surface area contributed by atoms with Crippen molar-refractivity contribution in [1.29, 1.82) is 0 Å². The third-order valence-electron chi connectivity index (χ3n) is 5.50. The van der Waals surface area contributed by atoms with Crippen molar-refractivity contribution in [2.45, 2.75) is 43.8 Å². The average Bonchev–Trinajstić information content (AvgIpc) is 3.00. The van der Waals surface area contributed by atoms with E-state index in [9.17, 15) is 4.79 Å². The molecular formula is C13H18O3. The molecular weight excluding hydrogens is 204 g/mol. The molecule has 1 aliphatic heterocycles. The molecule has 3 heteroatoms. The third kappa shape index (κ3) is 0.963. The van der Waals surface area contributed by atoms with Crippen LogP contribution < -0.4 is 0 Å². The number of ether oxygens (including phenoxy) is 2. The zero-order valence-electron chi connectivity index (χ0n) is 9.65. The third-order valence-corrected chi connectivity index (χ3v) is 5.50. The Bertz CT molecular complexity index is 321. The highest BCUT2D eigenvalue weighted by Crippen LogP contribution is 2.66. The molecule has 4 saturated carbocycles. The van der Waals surface area contributed by atoms with Crippen LogP contribution in [0.25, 0.3) is 0 Å². The van der Waals surface area contributed by atoms with Crippen molar-refractivity contribution in [2.75, 3.05) is 7.11 Å². The SMILES string of the molecule is COC(=O)C1OC12C1CC3CC(C1)CC2C3. The molecule has 0 aromatic carbocycles. The van der Waals surface area contributed by atoms with Gasteiger partial charge in [-0.1, -0.05) is 0 Å². The highest BCUT2D eigenvalue weighted by molar-refractivity contribution is 5.79. The molecule has 0 aromatic heterocycles. The van der Waals surface area contributed by atoms with Crippen LogP contribution in [-0.4, -0.2) is 24.8 Å². The molecule has 3 nitrogen and oxygen atoms in total. The van der Waals surface area contributed by atoms with Gasteiger partial charge in [0.05, 0.1) is 7.11 Å². The highest BCUT2D eigenvalue weighted by Gasteiger charge is 2.73. The van der Waals surface area contributed by atoms with E-state index in [0.29, 0.717) is 11.8 Å². The molecule has 5 aliphatic rings. The van der Waals surface area contributed by atoms with Gasteiger partial charge in [0.2, 0.25) is 0 Å². The number of rotatable bonds is 1. The van der Waals surface area contributed by atoms with E-state index in [4.69, 9.17) is 9.47 Å². The van der Waals surface area contributed by atoms with E-state index >= 15 is 0 Å². The molecule has 4 bridgehead atoms. The predicted octanol–water partition coefficient (Wildman–Crippen LogP) is 1.75. The second-order valence-electron chi connectivity index (χ2n) is 6.18. The largest absolute Gasteiger partial charge is 0.467 e. The van der Waals surface area contributed by atoms with E-state index in [2.05, 4.69) is 0 Å². The van der Waals surface area contributed by atoms with E-state index < -0.39 is 0 Å². The number of carbonyl (C=O) groups excluding carboxylic acids is 1. The van der Waals surface area contributed by atoms with Crippen LogP contribution in [0, 0.1) is 23.7 Å². The summed E-state index contributed by atoms with van der Waals surface area (Å²) in [7, 11) is 1.47. The molecule has 0 N–H and O–H groups in total. The van der Waals surface area contributed by atoms with Crippen LogP contribution >= 0.6 is 0 Å². The van der Waals surface area contributed by atoms with Crippen LogP contribution in [0.3, 0.4) is 0 Å². The Kier molecular flexibility index (Phi) is 1.66. The first-order valence-corrected chi connectivity index (χ1v) is 6.49. The second kappa shape index (κ2) is 2.81. The van der Waals surface area contributed by atoms with Crippen molar-refractivity contribution in [2.24, 2.45) is 23.7 Å². The maximum absolute atomic E-state index is 11.6. The summed E-state index contributed by atoms with van der Waals surface area (Å²) >= 11 is 0. The van der Waals surface area contributed by atoms with Crippen LogP contribution in [0.2, 0.25) is 0 Å². The first-order chi connectivity index (χ1) is 7.74. The van der Waals surface area contributed by atoms with Gasteiger partial charge in [-0.2, -0.15) is 0 Å². The summed E-state index contributed by atoms with van der Waals surface area (Å²) in [6.45, 7) is 0. The van der Waals surface area contributed by atoms with Crippen LogP contribution in [0.1, 0.15) is 32.1 Å². The quantitative estimate of drug-likeness (QED) is 0.501. The van der Waals surface area contributed by atoms with Gasteiger partial charge in [0.1, 0.15) is 5.60 Å². The van der Waals surface area contributed by atoms with Crippen molar-refractivity contribution in [1.82, 2.24) is 0 Å². The topological polar surface area (TPSA) is 38.8 Å². The van der Waals surface area contributed by atoms with Gasteiger partial charge in [-0.25, -0.2) is 4.79 Å². The molecule has 5 fully saturated rings. The Balaban J connectivity index is 1.64. The summed E-state index contributed by atoms with van der Waals surface area (Å²) in [5.74, 6) is 3.00. The molecule has 0 aromatic rings. The minimum atomic E-state index is -0.229. The van der Waals surface area contributed by atoms with Crippen LogP contribution in [0.4, 0.5) is 0 Å². The smallest absolute Gasteiger partial charge is 0.338 e. The Morgan fingerprint density at radius 3 is 2.19 bits per heavy atom. The lowest BCUT2D eigenvalue weighted by atomic mass is 9.51. The van der Waals surface area contributed by atoms with Gasteiger partial charge in [-0.3, -0.25) is 0 Å². The van der Waals surface area contributed by atoms with Gasteiger partial charge in [0, 0.05) is 0 Å². The molecule has 1 saturated heterocycles. The average molecular weight is 222 g/mol. The van der Waals surface area contributed by atoms with Crippen LogP contribution in [0.15, 0.2) is 0 Å². The summed E-state index contributed by atoms with van der Waals surface area (Å²) < 4.78 is 10.7. The van der Waals surface area contributed by atoms with Crippen molar-refractivity contribution in [3.63, 3.8) is 0 Å².